The lowest BCUT2D eigenvalue weighted by Gasteiger charge is -2.33. The van der Waals surface area contributed by atoms with Gasteiger partial charge in [-0.25, -0.2) is 14.3 Å². The summed E-state index contributed by atoms with van der Waals surface area (Å²) in [5.74, 6) is 1.57. The molecule has 6 heterocycles. The van der Waals surface area contributed by atoms with E-state index in [1.165, 1.54) is 37.5 Å². The molecule has 0 unspecified atom stereocenters. The summed E-state index contributed by atoms with van der Waals surface area (Å²) in [4.78, 5) is 25.6. The Labute approximate surface area is 227 Å². The number of nitrogens with zero attached hydrogens (tertiary/aromatic N) is 4. The van der Waals surface area contributed by atoms with Crippen LogP contribution in [0, 0.1) is 13.8 Å². The second-order valence-corrected chi connectivity index (χ2v) is 13.1. The van der Waals surface area contributed by atoms with Crippen LogP contribution in [0.4, 0.5) is 4.79 Å². The van der Waals surface area contributed by atoms with Crippen molar-refractivity contribution in [1.29, 1.82) is 0 Å². The summed E-state index contributed by atoms with van der Waals surface area (Å²) in [6, 6.07) is 0. The average Bonchev–Trinajstić information content (AvgIpc) is 3.60. The zero-order valence-electron chi connectivity index (χ0n) is 23.4. The second kappa shape index (κ2) is 9.09. The molecule has 0 saturated carbocycles. The maximum atomic E-state index is 12.6. The number of rotatable bonds is 3. The molecule has 2 aliphatic heterocycles. The predicted octanol–water partition coefficient (Wildman–Crippen LogP) is 6.82. The number of fused-ring (bicyclic) bond motifs is 4. The van der Waals surface area contributed by atoms with Crippen LogP contribution in [0.25, 0.3) is 27.1 Å². The van der Waals surface area contributed by atoms with E-state index in [1.807, 2.05) is 48.4 Å². The third-order valence-corrected chi connectivity index (χ3v) is 9.14. The summed E-state index contributed by atoms with van der Waals surface area (Å²) in [6.45, 7) is 17.1. The minimum atomic E-state index is -0.467. The summed E-state index contributed by atoms with van der Waals surface area (Å²) < 4.78 is 13.4. The van der Waals surface area contributed by atoms with Crippen LogP contribution in [0.5, 0.6) is 0 Å². The molecule has 0 aromatic carbocycles. The highest BCUT2D eigenvalue weighted by Gasteiger charge is 2.32. The zero-order valence-corrected chi connectivity index (χ0v) is 24.2. The highest BCUT2D eigenvalue weighted by molar-refractivity contribution is 7.19. The Hall–Kier alpha value is -2.91. The minimum absolute atomic E-state index is 0.200. The summed E-state index contributed by atoms with van der Waals surface area (Å²) in [5.41, 5.74) is 7.86. The molecule has 38 heavy (non-hydrogen) atoms. The highest BCUT2D eigenvalue weighted by atomic mass is 32.1. The number of aromatic nitrogens is 4. The SMILES string of the molecule is Cc1nc2c3c(c(-c4[nH]c5sc(C6CCN(C(=O)OC(C)(C)C)CC6)c(C)c5c4C(C)C)cn2n1)COC3. The number of ether oxygens (including phenoxy) is 2. The van der Waals surface area contributed by atoms with E-state index in [9.17, 15) is 4.79 Å². The van der Waals surface area contributed by atoms with Crippen molar-refractivity contribution in [2.45, 2.75) is 92.0 Å². The highest BCUT2D eigenvalue weighted by Crippen LogP contribution is 2.47. The number of nitrogens with one attached hydrogen (secondary N) is 1. The minimum Gasteiger partial charge on any atom is -0.444 e. The van der Waals surface area contributed by atoms with Crippen molar-refractivity contribution in [2.24, 2.45) is 0 Å². The quantitative estimate of drug-likeness (QED) is 0.311. The van der Waals surface area contributed by atoms with Crippen LogP contribution in [-0.2, 0) is 22.7 Å². The first kappa shape index (κ1) is 25.4. The lowest BCUT2D eigenvalue weighted by molar-refractivity contribution is 0.0205. The van der Waals surface area contributed by atoms with E-state index in [2.05, 4.69) is 42.0 Å². The second-order valence-electron chi connectivity index (χ2n) is 12.0. The van der Waals surface area contributed by atoms with Gasteiger partial charge in [-0.05, 0) is 76.0 Å². The molecular formula is C29H37N5O3S. The van der Waals surface area contributed by atoms with Crippen molar-refractivity contribution >= 4 is 33.3 Å². The molecule has 1 N–H and O–H groups in total. The van der Waals surface area contributed by atoms with Crippen molar-refractivity contribution in [3.05, 3.63) is 39.2 Å². The van der Waals surface area contributed by atoms with Crippen LogP contribution >= 0.6 is 11.3 Å². The Morgan fingerprint density at radius 3 is 2.58 bits per heavy atom. The van der Waals surface area contributed by atoms with E-state index in [0.717, 1.165) is 48.5 Å². The Balaban J connectivity index is 1.36. The fourth-order valence-corrected chi connectivity index (χ4v) is 7.49. The van der Waals surface area contributed by atoms with Gasteiger partial charge in [0.2, 0.25) is 0 Å². The van der Waals surface area contributed by atoms with E-state index in [1.54, 1.807) is 0 Å². The number of aryl methyl sites for hydroxylation is 2. The molecule has 0 bridgehead atoms. The maximum Gasteiger partial charge on any atom is 0.410 e. The Bertz CT molecular complexity index is 1550. The molecule has 0 aliphatic carbocycles. The standard InChI is InChI=1S/C29H37N5O3S/c1-15(2)22-23-16(3)25(18-8-10-33(11-9-18)28(35)37-29(5,6)7)38-27(23)31-24(22)19-12-34-26(30-17(4)32-34)21-14-36-13-20(19)21/h12,15,18,31H,8-11,13-14H2,1-7H3. The third kappa shape index (κ3) is 4.20. The molecular weight excluding hydrogens is 498 g/mol. The Kier molecular flexibility index (Phi) is 6.07. The first-order valence-electron chi connectivity index (χ1n) is 13.6. The van der Waals surface area contributed by atoms with Crippen LogP contribution in [0.3, 0.4) is 0 Å². The van der Waals surface area contributed by atoms with Gasteiger partial charge in [0.25, 0.3) is 0 Å². The number of piperidine rings is 1. The van der Waals surface area contributed by atoms with E-state index in [0.29, 0.717) is 25.0 Å². The van der Waals surface area contributed by atoms with E-state index >= 15 is 0 Å². The molecule has 0 radical (unpaired) electrons. The normalized spacial score (nSPS) is 16.8. The molecule has 0 spiro atoms. The van der Waals surface area contributed by atoms with Crippen LogP contribution in [0.1, 0.15) is 92.3 Å². The van der Waals surface area contributed by atoms with Crippen molar-refractivity contribution in [3.63, 3.8) is 0 Å². The molecule has 4 aromatic heterocycles. The van der Waals surface area contributed by atoms with Crippen LogP contribution in [-0.4, -0.2) is 49.3 Å². The smallest absolute Gasteiger partial charge is 0.410 e. The molecule has 1 amide bonds. The average molecular weight is 536 g/mol. The number of pyridine rings is 1. The largest absolute Gasteiger partial charge is 0.444 e. The fourth-order valence-electron chi connectivity index (χ4n) is 6.09. The van der Waals surface area contributed by atoms with Crippen LogP contribution < -0.4 is 0 Å². The molecule has 1 fully saturated rings. The number of carbonyl (C=O) groups excluding carboxylic acids is 1. The maximum absolute atomic E-state index is 12.6. The third-order valence-electron chi connectivity index (χ3n) is 7.77. The van der Waals surface area contributed by atoms with Crippen molar-refractivity contribution in [2.75, 3.05) is 13.1 Å². The first-order chi connectivity index (χ1) is 18.0. The number of thiophene rings is 1. The molecule has 0 atom stereocenters. The summed E-state index contributed by atoms with van der Waals surface area (Å²) in [5, 5.41) is 5.98. The molecule has 2 aliphatic rings. The number of amides is 1. The lowest BCUT2D eigenvalue weighted by Crippen LogP contribution is -2.41. The van der Waals surface area contributed by atoms with Gasteiger partial charge < -0.3 is 19.4 Å². The number of hydrogen-bond donors (Lipinski definition) is 1. The number of hydrogen-bond acceptors (Lipinski definition) is 6. The monoisotopic (exact) mass is 535 g/mol. The molecule has 4 aromatic rings. The predicted molar refractivity (Wildman–Crippen MR) is 150 cm³/mol. The number of carbonyl (C=O) groups is 1. The molecule has 1 saturated heterocycles. The number of H-pyrrole nitrogens is 1. The summed E-state index contributed by atoms with van der Waals surface area (Å²) >= 11 is 1.88. The van der Waals surface area contributed by atoms with Gasteiger partial charge in [0.1, 0.15) is 16.3 Å². The Morgan fingerprint density at radius 2 is 1.89 bits per heavy atom. The van der Waals surface area contributed by atoms with Gasteiger partial charge in [-0.15, -0.1) is 11.3 Å². The van der Waals surface area contributed by atoms with Crippen molar-refractivity contribution in [3.8, 4) is 11.3 Å². The number of aromatic amines is 1. The van der Waals surface area contributed by atoms with E-state index in [4.69, 9.17) is 9.47 Å². The van der Waals surface area contributed by atoms with Gasteiger partial charge in [-0.1, -0.05) is 13.8 Å². The van der Waals surface area contributed by atoms with Gasteiger partial charge in [-0.2, -0.15) is 5.10 Å². The molecule has 9 heteroatoms. The van der Waals surface area contributed by atoms with E-state index < -0.39 is 5.60 Å². The topological polar surface area (TPSA) is 84.8 Å². The van der Waals surface area contributed by atoms with Crippen LogP contribution in [0.2, 0.25) is 0 Å². The van der Waals surface area contributed by atoms with Crippen LogP contribution in [0.15, 0.2) is 6.20 Å². The lowest BCUT2D eigenvalue weighted by atomic mass is 9.90. The van der Waals surface area contributed by atoms with Gasteiger partial charge in [0.05, 0.1) is 18.9 Å². The van der Waals surface area contributed by atoms with Gasteiger partial charge in [-0.3, -0.25) is 0 Å². The first-order valence-corrected chi connectivity index (χ1v) is 14.4. The molecule has 6 rings (SSSR count). The molecule has 8 nitrogen and oxygen atoms in total. The Morgan fingerprint density at radius 1 is 1.18 bits per heavy atom. The summed E-state index contributed by atoms with van der Waals surface area (Å²) in [6.07, 6.45) is 3.83. The van der Waals surface area contributed by atoms with Crippen molar-refractivity contribution in [1.82, 2.24) is 24.5 Å². The van der Waals surface area contributed by atoms with E-state index in [-0.39, 0.29) is 6.09 Å². The van der Waals surface area contributed by atoms with Gasteiger partial charge in [0.15, 0.2) is 5.65 Å². The fraction of sp³-hybridized carbons (Fsp3) is 0.552. The van der Waals surface area contributed by atoms with Gasteiger partial charge >= 0.3 is 6.09 Å². The van der Waals surface area contributed by atoms with Gasteiger partial charge in [0, 0.05) is 40.7 Å². The van der Waals surface area contributed by atoms with Crippen molar-refractivity contribution < 1.29 is 14.3 Å². The summed E-state index contributed by atoms with van der Waals surface area (Å²) in [7, 11) is 0. The zero-order chi connectivity index (χ0) is 26.9. The number of likely N-dealkylation sites (tertiary alicyclic amines) is 1. The molecule has 202 valence electrons.